The van der Waals surface area contributed by atoms with E-state index in [-0.39, 0.29) is 0 Å². The Morgan fingerprint density at radius 2 is 1.64 bits per heavy atom. The normalized spacial score (nSPS) is 18.4. The summed E-state index contributed by atoms with van der Waals surface area (Å²) >= 11 is 0. The first-order valence-electron chi connectivity index (χ1n) is 5.22. The molecule has 0 radical (unpaired) electrons. The lowest BCUT2D eigenvalue weighted by Crippen LogP contribution is -2.05. The van der Waals surface area contributed by atoms with Crippen molar-refractivity contribution >= 4 is 0 Å². The highest BCUT2D eigenvalue weighted by Gasteiger charge is 2.16. The van der Waals surface area contributed by atoms with Crippen LogP contribution in [-0.2, 0) is 0 Å². The number of hydrogen-bond donors (Lipinski definition) is 0. The summed E-state index contributed by atoms with van der Waals surface area (Å²) in [7, 11) is 0. The van der Waals surface area contributed by atoms with Crippen molar-refractivity contribution in [2.75, 3.05) is 0 Å². The van der Waals surface area contributed by atoms with Crippen LogP contribution in [0.25, 0.3) is 0 Å². The molecule has 0 spiro atoms. The second kappa shape index (κ2) is 4.07. The van der Waals surface area contributed by atoms with Crippen LogP contribution in [0.3, 0.4) is 0 Å². The number of rotatable bonds is 1. The molecule has 1 fully saturated rings. The van der Waals surface area contributed by atoms with Gasteiger partial charge in [0.25, 0.3) is 0 Å². The van der Waals surface area contributed by atoms with Crippen LogP contribution in [0, 0.1) is 11.6 Å². The summed E-state index contributed by atoms with van der Waals surface area (Å²) in [6.45, 7) is 0. The lowest BCUT2D eigenvalue weighted by molar-refractivity contribution is 0.438. The third-order valence-corrected chi connectivity index (χ3v) is 3.02. The summed E-state index contributed by atoms with van der Waals surface area (Å²) < 4.78 is 25.7. The molecule has 0 nitrogen and oxygen atoms in total. The fraction of sp³-hybridized carbons (Fsp3) is 0.500. The van der Waals surface area contributed by atoms with Gasteiger partial charge in [-0.2, -0.15) is 0 Å². The van der Waals surface area contributed by atoms with E-state index >= 15 is 0 Å². The maximum absolute atomic E-state index is 13.0. The van der Waals surface area contributed by atoms with Crippen molar-refractivity contribution in [1.29, 1.82) is 0 Å². The van der Waals surface area contributed by atoms with Gasteiger partial charge in [-0.1, -0.05) is 25.3 Å². The third-order valence-electron chi connectivity index (χ3n) is 3.02. The van der Waals surface area contributed by atoms with Gasteiger partial charge in [-0.05, 0) is 36.5 Å². The Balaban J connectivity index is 2.18. The molecule has 1 saturated carbocycles. The zero-order chi connectivity index (χ0) is 9.97. The minimum atomic E-state index is -0.746. The van der Waals surface area contributed by atoms with E-state index in [0.29, 0.717) is 5.92 Å². The molecule has 0 bridgehead atoms. The molecule has 0 aromatic heterocycles. The van der Waals surface area contributed by atoms with E-state index in [9.17, 15) is 8.78 Å². The van der Waals surface area contributed by atoms with E-state index in [1.807, 2.05) is 0 Å². The molecule has 0 aliphatic heterocycles. The largest absolute Gasteiger partial charge is 0.204 e. The zero-order valence-electron chi connectivity index (χ0n) is 8.10. The zero-order valence-corrected chi connectivity index (χ0v) is 8.10. The summed E-state index contributed by atoms with van der Waals surface area (Å²) in [5.41, 5.74) is 0.962. The minimum absolute atomic E-state index is 0.443. The highest BCUT2D eigenvalue weighted by molar-refractivity contribution is 5.22. The van der Waals surface area contributed by atoms with E-state index < -0.39 is 11.6 Å². The van der Waals surface area contributed by atoms with Crippen LogP contribution < -0.4 is 0 Å². The summed E-state index contributed by atoms with van der Waals surface area (Å²) in [5, 5.41) is 0. The maximum Gasteiger partial charge on any atom is 0.159 e. The van der Waals surface area contributed by atoms with Gasteiger partial charge in [0.05, 0.1) is 0 Å². The molecular formula is C12H14F2. The molecular weight excluding hydrogens is 182 g/mol. The molecule has 0 saturated heterocycles. The quantitative estimate of drug-likeness (QED) is 0.636. The van der Waals surface area contributed by atoms with E-state index in [0.717, 1.165) is 18.4 Å². The SMILES string of the molecule is Fc1ccc(C2CCCCC2)cc1F. The second-order valence-electron chi connectivity index (χ2n) is 4.01. The van der Waals surface area contributed by atoms with Crippen LogP contribution in [0.4, 0.5) is 8.78 Å². The van der Waals surface area contributed by atoms with Crippen LogP contribution >= 0.6 is 0 Å². The minimum Gasteiger partial charge on any atom is -0.204 e. The number of benzene rings is 1. The van der Waals surface area contributed by atoms with Gasteiger partial charge in [-0.3, -0.25) is 0 Å². The predicted molar refractivity (Wildman–Crippen MR) is 52.2 cm³/mol. The van der Waals surface area contributed by atoms with Crippen molar-refractivity contribution in [1.82, 2.24) is 0 Å². The number of hydrogen-bond acceptors (Lipinski definition) is 0. The second-order valence-corrected chi connectivity index (χ2v) is 4.01. The van der Waals surface area contributed by atoms with Gasteiger partial charge < -0.3 is 0 Å². The van der Waals surface area contributed by atoms with Gasteiger partial charge >= 0.3 is 0 Å². The predicted octanol–water partition coefficient (Wildman–Crippen LogP) is 4.01. The molecule has 0 unspecified atom stereocenters. The average Bonchev–Trinajstić information content (AvgIpc) is 2.23. The van der Waals surface area contributed by atoms with E-state index in [1.165, 1.54) is 31.4 Å². The van der Waals surface area contributed by atoms with Crippen molar-refractivity contribution in [3.8, 4) is 0 Å². The fourth-order valence-electron chi connectivity index (χ4n) is 2.20. The van der Waals surface area contributed by atoms with Crippen LogP contribution in [-0.4, -0.2) is 0 Å². The van der Waals surface area contributed by atoms with Crippen molar-refractivity contribution in [2.45, 2.75) is 38.0 Å². The summed E-state index contributed by atoms with van der Waals surface area (Å²) in [6, 6.07) is 4.30. The topological polar surface area (TPSA) is 0 Å². The Kier molecular flexibility index (Phi) is 2.80. The van der Waals surface area contributed by atoms with Gasteiger partial charge in [0, 0.05) is 0 Å². The first kappa shape index (κ1) is 9.63. The molecule has 76 valence electrons. The molecule has 1 aromatic carbocycles. The number of halogens is 2. The van der Waals surface area contributed by atoms with Crippen molar-refractivity contribution in [3.63, 3.8) is 0 Å². The summed E-state index contributed by atoms with van der Waals surface area (Å²) in [5.74, 6) is -1.02. The van der Waals surface area contributed by atoms with E-state index in [1.54, 1.807) is 6.07 Å². The van der Waals surface area contributed by atoms with Gasteiger partial charge in [0.15, 0.2) is 11.6 Å². The van der Waals surface area contributed by atoms with Crippen LogP contribution in [0.2, 0.25) is 0 Å². The lowest BCUT2D eigenvalue weighted by atomic mass is 9.84. The highest BCUT2D eigenvalue weighted by Crippen LogP contribution is 2.32. The molecule has 2 heteroatoms. The van der Waals surface area contributed by atoms with Crippen molar-refractivity contribution < 1.29 is 8.78 Å². The van der Waals surface area contributed by atoms with Gasteiger partial charge in [-0.15, -0.1) is 0 Å². The van der Waals surface area contributed by atoms with Crippen molar-refractivity contribution in [2.24, 2.45) is 0 Å². The molecule has 0 amide bonds. The Bertz CT molecular complexity index is 314. The van der Waals surface area contributed by atoms with Crippen LogP contribution in [0.5, 0.6) is 0 Å². The molecule has 0 atom stereocenters. The summed E-state index contributed by atoms with van der Waals surface area (Å²) in [4.78, 5) is 0. The maximum atomic E-state index is 13.0. The van der Waals surface area contributed by atoms with Crippen molar-refractivity contribution in [3.05, 3.63) is 35.4 Å². The standard InChI is InChI=1S/C12H14F2/c13-11-7-6-10(8-12(11)14)9-4-2-1-3-5-9/h6-9H,1-5H2. The van der Waals surface area contributed by atoms with Crippen LogP contribution in [0.1, 0.15) is 43.6 Å². The average molecular weight is 196 g/mol. The molecule has 1 aliphatic carbocycles. The monoisotopic (exact) mass is 196 g/mol. The third kappa shape index (κ3) is 1.94. The smallest absolute Gasteiger partial charge is 0.159 e. The van der Waals surface area contributed by atoms with Crippen LogP contribution in [0.15, 0.2) is 18.2 Å². The Labute approximate surface area is 82.9 Å². The molecule has 1 aromatic rings. The first-order chi connectivity index (χ1) is 6.77. The molecule has 14 heavy (non-hydrogen) atoms. The Morgan fingerprint density at radius 3 is 2.29 bits per heavy atom. The Hall–Kier alpha value is -0.920. The highest BCUT2D eigenvalue weighted by atomic mass is 19.2. The molecule has 2 rings (SSSR count). The van der Waals surface area contributed by atoms with Gasteiger partial charge in [-0.25, -0.2) is 8.78 Å². The molecule has 0 heterocycles. The van der Waals surface area contributed by atoms with E-state index in [2.05, 4.69) is 0 Å². The molecule has 1 aliphatic rings. The van der Waals surface area contributed by atoms with Gasteiger partial charge in [0.2, 0.25) is 0 Å². The Morgan fingerprint density at radius 1 is 0.929 bits per heavy atom. The summed E-state index contributed by atoms with van der Waals surface area (Å²) in [6.07, 6.45) is 5.93. The fourth-order valence-corrected chi connectivity index (χ4v) is 2.20. The van der Waals surface area contributed by atoms with E-state index in [4.69, 9.17) is 0 Å². The molecule has 0 N–H and O–H groups in total. The first-order valence-corrected chi connectivity index (χ1v) is 5.22. The van der Waals surface area contributed by atoms with Gasteiger partial charge in [0.1, 0.15) is 0 Å². The lowest BCUT2D eigenvalue weighted by Gasteiger charge is -2.21.